The van der Waals surface area contributed by atoms with Crippen molar-refractivity contribution in [1.82, 2.24) is 10.2 Å². The Morgan fingerprint density at radius 1 is 1.12 bits per heavy atom. The van der Waals surface area contributed by atoms with E-state index in [1.54, 1.807) is 29.2 Å². The van der Waals surface area contributed by atoms with Crippen molar-refractivity contribution >= 4 is 23.5 Å². The van der Waals surface area contributed by atoms with E-state index in [0.29, 0.717) is 36.7 Å². The van der Waals surface area contributed by atoms with Gasteiger partial charge in [0, 0.05) is 17.7 Å². The summed E-state index contributed by atoms with van der Waals surface area (Å²) >= 11 is 0. The Balaban J connectivity index is 1.70. The molecule has 42 heavy (non-hydrogen) atoms. The summed E-state index contributed by atoms with van der Waals surface area (Å²) in [5.74, 6) is -0.840. The van der Waals surface area contributed by atoms with Crippen LogP contribution < -0.4 is 5.32 Å². The van der Waals surface area contributed by atoms with Crippen molar-refractivity contribution in [3.05, 3.63) is 70.8 Å². The van der Waals surface area contributed by atoms with Gasteiger partial charge in [-0.25, -0.2) is 0 Å². The molecule has 0 saturated heterocycles. The fourth-order valence-electron chi connectivity index (χ4n) is 6.16. The summed E-state index contributed by atoms with van der Waals surface area (Å²) in [5, 5.41) is 11.4. The molecule has 2 amide bonds. The molecule has 1 saturated carbocycles. The molecule has 1 heterocycles. The van der Waals surface area contributed by atoms with E-state index in [4.69, 9.17) is 10.1 Å². The average molecular weight is 586 g/mol. The summed E-state index contributed by atoms with van der Waals surface area (Å²) in [6.07, 6.45) is -0.427. The highest BCUT2D eigenvalue weighted by molar-refractivity contribution is 6.46. The molecule has 1 aliphatic carbocycles. The lowest BCUT2D eigenvalue weighted by Gasteiger charge is -2.46. The molecule has 2 aromatic carbocycles. The molecule has 2 aromatic rings. The van der Waals surface area contributed by atoms with Gasteiger partial charge in [0.15, 0.2) is 0 Å². The van der Waals surface area contributed by atoms with Crippen LogP contribution in [-0.4, -0.2) is 45.7 Å². The number of halogens is 3. The van der Waals surface area contributed by atoms with Crippen molar-refractivity contribution in [3.8, 4) is 0 Å². The van der Waals surface area contributed by atoms with Gasteiger partial charge in [0.25, 0.3) is 11.8 Å². The molecule has 2 N–H and O–H groups in total. The van der Waals surface area contributed by atoms with Crippen LogP contribution in [0.25, 0.3) is 0 Å². The van der Waals surface area contributed by atoms with Crippen LogP contribution in [-0.2, 0) is 15.8 Å². The molecule has 0 radical (unpaired) electrons. The first-order valence-corrected chi connectivity index (χ1v) is 14.6. The number of nitrogens with one attached hydrogen (secondary N) is 1. The van der Waals surface area contributed by atoms with Crippen LogP contribution in [0.3, 0.4) is 0 Å². The zero-order valence-corrected chi connectivity index (χ0v) is 24.2. The molecular formula is C32H38F3N3O4. The number of carbonyl (C=O) groups is 3. The van der Waals surface area contributed by atoms with Crippen LogP contribution in [0.2, 0.25) is 0 Å². The maximum absolute atomic E-state index is 14.2. The second kappa shape index (κ2) is 12.7. The first-order chi connectivity index (χ1) is 19.9. The Labute approximate surface area is 244 Å². The van der Waals surface area contributed by atoms with Gasteiger partial charge in [-0.1, -0.05) is 51.5 Å². The SMILES string of the molecule is CCCC(c1ccc(C(=O)NCCC(=O)O)cc1)N1C(=O)C(c2cccc(C(F)(F)F)c2)=NC12CCC(C(C)C)CC2. The van der Waals surface area contributed by atoms with Crippen molar-refractivity contribution in [2.75, 3.05) is 6.54 Å². The molecule has 4 rings (SSSR count). The number of carboxylic acids is 1. The normalized spacial score (nSPS) is 21.5. The highest BCUT2D eigenvalue weighted by Gasteiger charge is 2.52. The second-order valence-electron chi connectivity index (χ2n) is 11.6. The van der Waals surface area contributed by atoms with E-state index in [9.17, 15) is 27.6 Å². The van der Waals surface area contributed by atoms with Gasteiger partial charge in [-0.05, 0) is 73.8 Å². The number of aliphatic carboxylic acids is 1. The van der Waals surface area contributed by atoms with E-state index in [1.165, 1.54) is 12.1 Å². The van der Waals surface area contributed by atoms with E-state index in [-0.39, 0.29) is 30.1 Å². The van der Waals surface area contributed by atoms with Crippen LogP contribution in [0.15, 0.2) is 53.5 Å². The van der Waals surface area contributed by atoms with Gasteiger partial charge in [0.1, 0.15) is 11.4 Å². The van der Waals surface area contributed by atoms with Gasteiger partial charge in [-0.2, -0.15) is 13.2 Å². The number of carboxylic acid groups (broad SMARTS) is 1. The maximum atomic E-state index is 14.2. The Bertz CT molecular complexity index is 1330. The highest BCUT2D eigenvalue weighted by Crippen LogP contribution is 2.48. The number of hydrogen-bond donors (Lipinski definition) is 2. The molecule has 1 atom stereocenters. The van der Waals surface area contributed by atoms with Crippen molar-refractivity contribution in [2.45, 2.75) is 83.6 Å². The second-order valence-corrected chi connectivity index (χ2v) is 11.6. The summed E-state index contributed by atoms with van der Waals surface area (Å²) in [6.45, 7) is 6.37. The van der Waals surface area contributed by atoms with Crippen LogP contribution >= 0.6 is 0 Å². The van der Waals surface area contributed by atoms with Crippen molar-refractivity contribution in [1.29, 1.82) is 0 Å². The molecule has 1 fully saturated rings. The minimum atomic E-state index is -4.54. The first kappa shape index (κ1) is 31.3. The van der Waals surface area contributed by atoms with E-state index in [0.717, 1.165) is 37.0 Å². The first-order valence-electron chi connectivity index (χ1n) is 14.6. The number of aliphatic imine (C=N–C) groups is 1. The zero-order chi connectivity index (χ0) is 30.7. The lowest BCUT2D eigenvalue weighted by Crippen LogP contribution is -2.51. The number of alkyl halides is 3. The topological polar surface area (TPSA) is 99.1 Å². The van der Waals surface area contributed by atoms with Gasteiger partial charge in [0.05, 0.1) is 18.0 Å². The maximum Gasteiger partial charge on any atom is 0.416 e. The van der Waals surface area contributed by atoms with Gasteiger partial charge in [0.2, 0.25) is 0 Å². The molecular weight excluding hydrogens is 547 g/mol. The summed E-state index contributed by atoms with van der Waals surface area (Å²) in [6, 6.07) is 11.3. The molecule has 10 heteroatoms. The minimum absolute atomic E-state index is 0.00615. The molecule has 1 aliphatic heterocycles. The van der Waals surface area contributed by atoms with Gasteiger partial charge < -0.3 is 15.3 Å². The fraction of sp³-hybridized carbons (Fsp3) is 0.500. The molecule has 1 unspecified atom stereocenters. The predicted octanol–water partition coefficient (Wildman–Crippen LogP) is 6.63. The molecule has 7 nitrogen and oxygen atoms in total. The zero-order valence-electron chi connectivity index (χ0n) is 24.2. The van der Waals surface area contributed by atoms with Crippen LogP contribution in [0.4, 0.5) is 13.2 Å². The fourth-order valence-corrected chi connectivity index (χ4v) is 6.16. The third kappa shape index (κ3) is 6.68. The largest absolute Gasteiger partial charge is 0.481 e. The number of hydrogen-bond acceptors (Lipinski definition) is 4. The van der Waals surface area contributed by atoms with E-state index in [1.807, 2.05) is 6.92 Å². The van der Waals surface area contributed by atoms with E-state index < -0.39 is 35.3 Å². The van der Waals surface area contributed by atoms with Crippen LogP contribution in [0.1, 0.15) is 98.8 Å². The van der Waals surface area contributed by atoms with Gasteiger partial charge in [-0.3, -0.25) is 19.4 Å². The summed E-state index contributed by atoms with van der Waals surface area (Å²) < 4.78 is 40.6. The number of carbonyl (C=O) groups excluding carboxylic acids is 2. The highest BCUT2D eigenvalue weighted by atomic mass is 19.4. The minimum Gasteiger partial charge on any atom is -0.481 e. The molecule has 0 bridgehead atoms. The predicted molar refractivity (Wildman–Crippen MR) is 153 cm³/mol. The van der Waals surface area contributed by atoms with Gasteiger partial charge in [-0.15, -0.1) is 0 Å². The Kier molecular flexibility index (Phi) is 9.43. The number of rotatable bonds is 10. The smallest absolute Gasteiger partial charge is 0.416 e. The quantitative estimate of drug-likeness (QED) is 0.327. The Morgan fingerprint density at radius 3 is 2.36 bits per heavy atom. The number of nitrogens with zero attached hydrogens (tertiary/aromatic N) is 2. The third-order valence-electron chi connectivity index (χ3n) is 8.48. The van der Waals surface area contributed by atoms with Gasteiger partial charge >= 0.3 is 12.1 Å². The lowest BCUT2D eigenvalue weighted by atomic mass is 9.76. The molecule has 1 spiro atoms. The third-order valence-corrected chi connectivity index (χ3v) is 8.48. The summed E-state index contributed by atoms with van der Waals surface area (Å²) in [7, 11) is 0. The average Bonchev–Trinajstić information content (AvgIpc) is 3.22. The number of amides is 2. The summed E-state index contributed by atoms with van der Waals surface area (Å²) in [5.41, 5.74) is -0.309. The van der Waals surface area contributed by atoms with Crippen LogP contribution in [0.5, 0.6) is 0 Å². The summed E-state index contributed by atoms with van der Waals surface area (Å²) in [4.78, 5) is 44.2. The Morgan fingerprint density at radius 2 is 1.79 bits per heavy atom. The number of benzene rings is 2. The monoisotopic (exact) mass is 585 g/mol. The molecule has 0 aromatic heterocycles. The van der Waals surface area contributed by atoms with Crippen molar-refractivity contribution in [2.24, 2.45) is 16.8 Å². The van der Waals surface area contributed by atoms with E-state index >= 15 is 0 Å². The van der Waals surface area contributed by atoms with E-state index in [2.05, 4.69) is 19.2 Å². The van der Waals surface area contributed by atoms with Crippen molar-refractivity contribution in [3.63, 3.8) is 0 Å². The lowest BCUT2D eigenvalue weighted by molar-refractivity contribution is -0.138. The van der Waals surface area contributed by atoms with Crippen molar-refractivity contribution < 1.29 is 32.7 Å². The van der Waals surface area contributed by atoms with Crippen LogP contribution in [0, 0.1) is 11.8 Å². The Hall–Kier alpha value is -3.69. The molecule has 2 aliphatic rings. The molecule has 226 valence electrons. The standard InChI is InChI=1S/C32H38F3N3O4/c1-4-6-26(22-9-11-23(12-10-22)29(41)36-18-15-27(39)40)38-30(42)28(24-7-5-8-25(19-24)32(33,34)35)37-31(38)16-13-21(14-17-31)20(2)3/h5,7-12,19-21,26H,4,6,13-18H2,1-3H3,(H,36,41)(H,39,40).